The molecule has 0 amide bonds. The number of phenols is 1. The van der Waals surface area contributed by atoms with Crippen molar-refractivity contribution in [1.29, 1.82) is 0 Å². The zero-order valence-electron chi connectivity index (χ0n) is 8.15. The predicted molar refractivity (Wildman–Crippen MR) is 63.6 cm³/mol. The molecule has 0 saturated carbocycles. The largest absolute Gasteiger partial charge is 0.508 e. The zero-order chi connectivity index (χ0) is 11.5. The van der Waals surface area contributed by atoms with Gasteiger partial charge in [-0.05, 0) is 30.3 Å². The van der Waals surface area contributed by atoms with Crippen molar-refractivity contribution in [3.8, 4) is 5.75 Å². The monoisotopic (exact) mass is 254 g/mol. The van der Waals surface area contributed by atoms with Crippen molar-refractivity contribution < 1.29 is 9.50 Å². The van der Waals surface area contributed by atoms with E-state index in [1.807, 2.05) is 6.07 Å². The van der Waals surface area contributed by atoms with E-state index >= 15 is 0 Å². The molecule has 1 N–H and O–H groups in total. The first kappa shape index (κ1) is 11.3. The van der Waals surface area contributed by atoms with Crippen molar-refractivity contribution in [3.05, 3.63) is 53.3 Å². The lowest BCUT2D eigenvalue weighted by Crippen LogP contribution is -1.80. The molecule has 4 heteroatoms. The Hall–Kier alpha value is -1.19. The Labute approximate surface area is 102 Å². The number of rotatable bonds is 2. The third kappa shape index (κ3) is 2.49. The first-order valence-electron chi connectivity index (χ1n) is 4.58. The van der Waals surface area contributed by atoms with E-state index in [2.05, 4.69) is 0 Å². The summed E-state index contributed by atoms with van der Waals surface area (Å²) in [6, 6.07) is 11.4. The molecular weight excluding hydrogens is 247 g/mol. The lowest BCUT2D eigenvalue weighted by Gasteiger charge is -2.04. The molecule has 2 rings (SSSR count). The lowest BCUT2D eigenvalue weighted by atomic mass is 10.3. The van der Waals surface area contributed by atoms with Crippen LogP contribution in [0.25, 0.3) is 0 Å². The van der Waals surface area contributed by atoms with Crippen LogP contribution >= 0.6 is 23.4 Å². The molecule has 1 nitrogen and oxygen atoms in total. The maximum absolute atomic E-state index is 13.2. The third-order valence-corrected chi connectivity index (χ3v) is 3.51. The van der Waals surface area contributed by atoms with Crippen molar-refractivity contribution in [2.24, 2.45) is 0 Å². The Kier molecular flexibility index (Phi) is 3.36. The third-order valence-electron chi connectivity index (χ3n) is 1.96. The molecule has 2 aromatic carbocycles. The fraction of sp³-hybridized carbons (Fsp3) is 0. The molecule has 0 saturated heterocycles. The summed E-state index contributed by atoms with van der Waals surface area (Å²) in [5.74, 6) is -0.260. The molecule has 0 radical (unpaired) electrons. The predicted octanol–water partition coefficient (Wildman–Crippen LogP) is 4.34. The van der Waals surface area contributed by atoms with Gasteiger partial charge < -0.3 is 5.11 Å². The summed E-state index contributed by atoms with van der Waals surface area (Å²) in [5.41, 5.74) is 0. The van der Waals surface area contributed by atoms with E-state index < -0.39 is 5.82 Å². The van der Waals surface area contributed by atoms with Crippen LogP contribution in [0.3, 0.4) is 0 Å². The van der Waals surface area contributed by atoms with Crippen molar-refractivity contribution >= 4 is 23.4 Å². The molecule has 2 aromatic rings. The van der Waals surface area contributed by atoms with E-state index in [9.17, 15) is 9.50 Å². The standard InChI is InChI=1S/C12H8ClFOS/c13-12-10(14)5-2-6-11(12)16-9-4-1-3-8(15)7-9/h1-7,15H. The van der Waals surface area contributed by atoms with Gasteiger partial charge in [0.15, 0.2) is 0 Å². The summed E-state index contributed by atoms with van der Waals surface area (Å²) in [6.07, 6.45) is 0. The van der Waals surface area contributed by atoms with E-state index in [1.54, 1.807) is 30.3 Å². The molecule has 0 unspecified atom stereocenters. The molecule has 0 atom stereocenters. The fourth-order valence-corrected chi connectivity index (χ4v) is 2.39. The Bertz CT molecular complexity index is 516. The van der Waals surface area contributed by atoms with Gasteiger partial charge in [0.05, 0.1) is 5.02 Å². The molecule has 0 aromatic heterocycles. The zero-order valence-corrected chi connectivity index (χ0v) is 9.73. The molecule has 0 aliphatic rings. The summed E-state index contributed by atoms with van der Waals surface area (Å²) in [5, 5.41) is 9.40. The van der Waals surface area contributed by atoms with Gasteiger partial charge in [-0.1, -0.05) is 35.5 Å². The van der Waals surface area contributed by atoms with Crippen molar-refractivity contribution in [1.82, 2.24) is 0 Å². The Morgan fingerprint density at radius 3 is 2.62 bits per heavy atom. The fourth-order valence-electron chi connectivity index (χ4n) is 1.24. The molecule has 0 heterocycles. The molecule has 82 valence electrons. The van der Waals surface area contributed by atoms with Crippen LogP contribution in [0.2, 0.25) is 5.02 Å². The van der Waals surface area contributed by atoms with Gasteiger partial charge in [-0.2, -0.15) is 0 Å². The second-order valence-corrected chi connectivity index (χ2v) is 4.64. The van der Waals surface area contributed by atoms with E-state index in [0.717, 1.165) is 4.90 Å². The number of phenolic OH excluding ortho intramolecular Hbond substituents is 1. The average Bonchev–Trinajstić information content (AvgIpc) is 2.25. The number of benzene rings is 2. The summed E-state index contributed by atoms with van der Waals surface area (Å²) >= 11 is 7.14. The van der Waals surface area contributed by atoms with Gasteiger partial charge in [0.25, 0.3) is 0 Å². The van der Waals surface area contributed by atoms with Crippen LogP contribution in [0, 0.1) is 5.82 Å². The van der Waals surface area contributed by atoms with Gasteiger partial charge >= 0.3 is 0 Å². The van der Waals surface area contributed by atoms with Crippen molar-refractivity contribution in [2.75, 3.05) is 0 Å². The highest BCUT2D eigenvalue weighted by molar-refractivity contribution is 7.99. The summed E-state index contributed by atoms with van der Waals surface area (Å²) < 4.78 is 13.2. The average molecular weight is 255 g/mol. The Balaban J connectivity index is 2.31. The highest BCUT2D eigenvalue weighted by atomic mass is 35.5. The maximum atomic E-state index is 13.2. The first-order chi connectivity index (χ1) is 7.66. The van der Waals surface area contributed by atoms with Crippen LogP contribution in [0.4, 0.5) is 4.39 Å². The summed E-state index contributed by atoms with van der Waals surface area (Å²) in [7, 11) is 0. The second-order valence-electron chi connectivity index (χ2n) is 3.15. The number of aromatic hydroxyl groups is 1. The highest BCUT2D eigenvalue weighted by Gasteiger charge is 2.07. The van der Waals surface area contributed by atoms with Gasteiger partial charge in [-0.15, -0.1) is 0 Å². The van der Waals surface area contributed by atoms with Crippen LogP contribution in [0.1, 0.15) is 0 Å². The normalized spacial score (nSPS) is 10.4. The topological polar surface area (TPSA) is 20.2 Å². The quantitative estimate of drug-likeness (QED) is 0.861. The minimum Gasteiger partial charge on any atom is -0.508 e. The van der Waals surface area contributed by atoms with Gasteiger partial charge in [0.2, 0.25) is 0 Å². The van der Waals surface area contributed by atoms with Gasteiger partial charge in [0.1, 0.15) is 11.6 Å². The molecule has 0 fully saturated rings. The van der Waals surface area contributed by atoms with Gasteiger partial charge in [-0.25, -0.2) is 4.39 Å². The van der Waals surface area contributed by atoms with E-state index in [1.165, 1.54) is 17.8 Å². The Morgan fingerprint density at radius 2 is 1.88 bits per heavy atom. The summed E-state index contributed by atoms with van der Waals surface area (Å²) in [4.78, 5) is 1.44. The molecule has 0 aliphatic carbocycles. The van der Waals surface area contributed by atoms with Gasteiger partial charge in [0, 0.05) is 9.79 Å². The van der Waals surface area contributed by atoms with Crippen LogP contribution in [-0.4, -0.2) is 5.11 Å². The van der Waals surface area contributed by atoms with Crippen LogP contribution in [-0.2, 0) is 0 Å². The van der Waals surface area contributed by atoms with Crippen molar-refractivity contribution in [3.63, 3.8) is 0 Å². The second kappa shape index (κ2) is 4.76. The SMILES string of the molecule is Oc1cccc(Sc2cccc(F)c2Cl)c1. The molecular formula is C12H8ClFOS. The lowest BCUT2D eigenvalue weighted by molar-refractivity contribution is 0.474. The van der Waals surface area contributed by atoms with E-state index in [-0.39, 0.29) is 10.8 Å². The molecule has 16 heavy (non-hydrogen) atoms. The van der Waals surface area contributed by atoms with Crippen LogP contribution in [0.5, 0.6) is 5.75 Å². The van der Waals surface area contributed by atoms with Crippen LogP contribution < -0.4 is 0 Å². The number of hydrogen-bond acceptors (Lipinski definition) is 2. The minimum absolute atomic E-state index is 0.107. The first-order valence-corrected chi connectivity index (χ1v) is 5.77. The molecule has 0 bridgehead atoms. The number of halogens is 2. The Morgan fingerprint density at radius 1 is 1.12 bits per heavy atom. The smallest absolute Gasteiger partial charge is 0.142 e. The molecule has 0 spiro atoms. The van der Waals surface area contributed by atoms with Gasteiger partial charge in [-0.3, -0.25) is 0 Å². The van der Waals surface area contributed by atoms with Crippen LogP contribution in [0.15, 0.2) is 52.3 Å². The van der Waals surface area contributed by atoms with E-state index in [0.29, 0.717) is 4.90 Å². The van der Waals surface area contributed by atoms with Crippen molar-refractivity contribution in [2.45, 2.75) is 9.79 Å². The van der Waals surface area contributed by atoms with E-state index in [4.69, 9.17) is 11.6 Å². The molecule has 0 aliphatic heterocycles. The number of hydrogen-bond donors (Lipinski definition) is 1. The summed E-state index contributed by atoms with van der Waals surface area (Å²) in [6.45, 7) is 0. The minimum atomic E-state index is -0.438. The maximum Gasteiger partial charge on any atom is 0.142 e. The highest BCUT2D eigenvalue weighted by Crippen LogP contribution is 2.35.